The molecule has 2 atom stereocenters. The highest BCUT2D eigenvalue weighted by molar-refractivity contribution is 7.88. The van der Waals surface area contributed by atoms with Gasteiger partial charge in [0.25, 0.3) is 0 Å². The minimum atomic E-state index is -3.28. The molecule has 3 aliphatic rings. The minimum Gasteiger partial charge on any atom is -0.342 e. The van der Waals surface area contributed by atoms with Crippen molar-refractivity contribution in [1.29, 1.82) is 0 Å². The summed E-state index contributed by atoms with van der Waals surface area (Å²) in [6, 6.07) is 0. The van der Waals surface area contributed by atoms with E-state index in [1.807, 2.05) is 30.6 Å². The summed E-state index contributed by atoms with van der Waals surface area (Å²) in [7, 11) is -3.28. The quantitative estimate of drug-likeness (QED) is 0.718. The van der Waals surface area contributed by atoms with Gasteiger partial charge in [0.05, 0.1) is 17.7 Å². The molecule has 3 aliphatic heterocycles. The van der Waals surface area contributed by atoms with Gasteiger partial charge in [0.15, 0.2) is 0 Å². The molecule has 0 saturated carbocycles. The molecular formula is C17H29N3O4S. The molecule has 0 aliphatic carbocycles. The van der Waals surface area contributed by atoms with Gasteiger partial charge in [0.2, 0.25) is 21.8 Å². The van der Waals surface area contributed by atoms with Gasteiger partial charge in [0.1, 0.15) is 0 Å². The van der Waals surface area contributed by atoms with E-state index in [2.05, 4.69) is 0 Å². The van der Waals surface area contributed by atoms with Gasteiger partial charge in [-0.1, -0.05) is 13.8 Å². The van der Waals surface area contributed by atoms with Crippen LogP contribution in [0.1, 0.15) is 33.6 Å². The summed E-state index contributed by atoms with van der Waals surface area (Å²) in [6.45, 7) is 8.44. The number of piperidine rings is 1. The monoisotopic (exact) mass is 371 g/mol. The number of nitrogens with zero attached hydrogens (tertiary/aromatic N) is 3. The first-order valence-corrected chi connectivity index (χ1v) is 11.0. The van der Waals surface area contributed by atoms with Crippen LogP contribution >= 0.6 is 0 Å². The van der Waals surface area contributed by atoms with Crippen LogP contribution in [-0.2, 0) is 19.6 Å². The Labute approximate surface area is 150 Å². The molecule has 0 bridgehead atoms. The summed E-state index contributed by atoms with van der Waals surface area (Å²) in [4.78, 5) is 29.1. The van der Waals surface area contributed by atoms with Gasteiger partial charge < -0.3 is 9.80 Å². The van der Waals surface area contributed by atoms with Crippen LogP contribution in [0.4, 0.5) is 0 Å². The molecule has 25 heavy (non-hydrogen) atoms. The number of carbonyl (C=O) groups is 2. The van der Waals surface area contributed by atoms with Crippen molar-refractivity contribution in [2.75, 3.05) is 39.0 Å². The van der Waals surface area contributed by atoms with Crippen molar-refractivity contribution < 1.29 is 18.0 Å². The van der Waals surface area contributed by atoms with Crippen molar-refractivity contribution in [3.8, 4) is 0 Å². The number of sulfonamides is 1. The molecule has 2 amide bonds. The van der Waals surface area contributed by atoms with Gasteiger partial charge in [-0.3, -0.25) is 9.59 Å². The van der Waals surface area contributed by atoms with E-state index < -0.39 is 10.0 Å². The van der Waals surface area contributed by atoms with Crippen molar-refractivity contribution >= 4 is 21.8 Å². The molecule has 7 nitrogen and oxygen atoms in total. The Morgan fingerprint density at radius 3 is 2.32 bits per heavy atom. The molecular weight excluding hydrogens is 342 g/mol. The van der Waals surface area contributed by atoms with Crippen LogP contribution in [0.25, 0.3) is 0 Å². The third-order valence-corrected chi connectivity index (χ3v) is 7.55. The van der Waals surface area contributed by atoms with E-state index >= 15 is 0 Å². The van der Waals surface area contributed by atoms with Crippen molar-refractivity contribution in [3.05, 3.63) is 0 Å². The minimum absolute atomic E-state index is 0.0264. The fourth-order valence-electron chi connectivity index (χ4n) is 5.04. The summed E-state index contributed by atoms with van der Waals surface area (Å²) in [5.74, 6) is 0.0136. The fourth-order valence-corrected chi connectivity index (χ4v) is 5.91. The molecule has 3 heterocycles. The van der Waals surface area contributed by atoms with E-state index in [1.165, 1.54) is 10.6 Å². The predicted molar refractivity (Wildman–Crippen MR) is 94.2 cm³/mol. The molecule has 0 radical (unpaired) electrons. The van der Waals surface area contributed by atoms with Crippen LogP contribution in [-0.4, -0.2) is 78.9 Å². The maximum absolute atomic E-state index is 12.9. The Morgan fingerprint density at radius 2 is 1.84 bits per heavy atom. The second-order valence-electron chi connectivity index (χ2n) is 7.96. The Balaban J connectivity index is 1.84. The van der Waals surface area contributed by atoms with E-state index in [-0.39, 0.29) is 35.1 Å². The largest absolute Gasteiger partial charge is 0.342 e. The molecule has 0 N–H and O–H groups in total. The summed E-state index contributed by atoms with van der Waals surface area (Å²) in [5, 5.41) is 0. The Morgan fingerprint density at radius 1 is 1.24 bits per heavy atom. The van der Waals surface area contributed by atoms with E-state index in [1.54, 1.807) is 0 Å². The van der Waals surface area contributed by atoms with E-state index in [4.69, 9.17) is 0 Å². The average molecular weight is 372 g/mol. The highest BCUT2D eigenvalue weighted by atomic mass is 32.2. The standard InChI is InChI=1S/C17H29N3O4S/c1-5-20-16(22)13-10-19(25(4,23)24)11-14(13)17(20)6-8-18(9-7-17)15(21)12(2)3/h12-14H,5-11H2,1-4H3/t13-,14+/m0/s1. The van der Waals surface area contributed by atoms with Gasteiger partial charge in [-0.15, -0.1) is 0 Å². The normalized spacial score (nSPS) is 29.7. The number of likely N-dealkylation sites (tertiary alicyclic amines) is 2. The molecule has 0 unspecified atom stereocenters. The van der Waals surface area contributed by atoms with Gasteiger partial charge in [-0.05, 0) is 19.8 Å². The number of rotatable bonds is 3. The lowest BCUT2D eigenvalue weighted by atomic mass is 9.74. The highest BCUT2D eigenvalue weighted by Gasteiger charge is 2.62. The number of carbonyl (C=O) groups excluding carboxylic acids is 2. The lowest BCUT2D eigenvalue weighted by Gasteiger charge is -2.48. The van der Waals surface area contributed by atoms with Gasteiger partial charge >= 0.3 is 0 Å². The maximum atomic E-state index is 12.9. The molecule has 3 saturated heterocycles. The van der Waals surface area contributed by atoms with Crippen LogP contribution in [0.2, 0.25) is 0 Å². The number of hydrogen-bond acceptors (Lipinski definition) is 4. The first-order valence-electron chi connectivity index (χ1n) is 9.17. The summed E-state index contributed by atoms with van der Waals surface area (Å²) < 4.78 is 25.4. The zero-order valence-electron chi connectivity index (χ0n) is 15.6. The van der Waals surface area contributed by atoms with E-state index in [9.17, 15) is 18.0 Å². The second-order valence-corrected chi connectivity index (χ2v) is 9.94. The Bertz CT molecular complexity index is 667. The van der Waals surface area contributed by atoms with Crippen molar-refractivity contribution in [3.63, 3.8) is 0 Å². The van der Waals surface area contributed by atoms with Crippen molar-refractivity contribution in [1.82, 2.24) is 14.1 Å². The molecule has 8 heteroatoms. The molecule has 1 spiro atoms. The molecule has 0 aromatic rings. The molecule has 3 rings (SSSR count). The zero-order chi connectivity index (χ0) is 18.6. The van der Waals surface area contributed by atoms with Gasteiger partial charge in [-0.2, -0.15) is 0 Å². The van der Waals surface area contributed by atoms with Crippen LogP contribution in [0, 0.1) is 17.8 Å². The molecule has 0 aromatic carbocycles. The SMILES string of the molecule is CCN1C(=O)[C@H]2CN(S(C)(=O)=O)C[C@H]2C12CCN(C(=O)C(C)C)CC2. The Kier molecular flexibility index (Phi) is 4.64. The van der Waals surface area contributed by atoms with Gasteiger partial charge in [-0.25, -0.2) is 12.7 Å². The molecule has 3 fully saturated rings. The van der Waals surface area contributed by atoms with Crippen LogP contribution in [0.15, 0.2) is 0 Å². The second kappa shape index (κ2) is 6.23. The number of hydrogen-bond donors (Lipinski definition) is 0. The zero-order valence-corrected chi connectivity index (χ0v) is 16.4. The third-order valence-electron chi connectivity index (χ3n) is 6.32. The van der Waals surface area contributed by atoms with E-state index in [0.29, 0.717) is 32.7 Å². The lowest BCUT2D eigenvalue weighted by molar-refractivity contribution is -0.139. The number of fused-ring (bicyclic) bond motifs is 2. The summed E-state index contributed by atoms with van der Waals surface area (Å²) >= 11 is 0. The fraction of sp³-hybridized carbons (Fsp3) is 0.882. The topological polar surface area (TPSA) is 78.0 Å². The highest BCUT2D eigenvalue weighted by Crippen LogP contribution is 2.50. The first kappa shape index (κ1) is 18.6. The molecule has 142 valence electrons. The molecule has 0 aromatic heterocycles. The smallest absolute Gasteiger partial charge is 0.227 e. The summed E-state index contributed by atoms with van der Waals surface area (Å²) in [6.07, 6.45) is 2.69. The third kappa shape index (κ3) is 2.87. The van der Waals surface area contributed by atoms with Crippen molar-refractivity contribution in [2.45, 2.75) is 39.2 Å². The van der Waals surface area contributed by atoms with Crippen LogP contribution in [0.5, 0.6) is 0 Å². The van der Waals surface area contributed by atoms with Crippen molar-refractivity contribution in [2.24, 2.45) is 17.8 Å². The van der Waals surface area contributed by atoms with Gasteiger partial charge in [0, 0.05) is 44.6 Å². The average Bonchev–Trinajstić information content (AvgIpc) is 3.07. The summed E-state index contributed by atoms with van der Waals surface area (Å²) in [5.41, 5.74) is -0.302. The first-order chi connectivity index (χ1) is 11.6. The lowest BCUT2D eigenvalue weighted by Crippen LogP contribution is -2.58. The predicted octanol–water partition coefficient (Wildman–Crippen LogP) is 0.373. The number of amides is 2. The maximum Gasteiger partial charge on any atom is 0.227 e. The van der Waals surface area contributed by atoms with Crippen LogP contribution in [0.3, 0.4) is 0 Å². The Hall–Kier alpha value is -1.15. The van der Waals surface area contributed by atoms with E-state index in [0.717, 1.165) is 12.8 Å². The van der Waals surface area contributed by atoms with Crippen LogP contribution < -0.4 is 0 Å².